The van der Waals surface area contributed by atoms with Crippen molar-refractivity contribution in [1.29, 1.82) is 0 Å². The number of esters is 1. The van der Waals surface area contributed by atoms with Gasteiger partial charge in [0.05, 0.1) is 19.1 Å². The molecule has 31 heavy (non-hydrogen) atoms. The van der Waals surface area contributed by atoms with Gasteiger partial charge in [0.25, 0.3) is 0 Å². The first kappa shape index (κ1) is 22.1. The molecule has 0 N–H and O–H groups in total. The van der Waals surface area contributed by atoms with E-state index >= 15 is 0 Å². The molecule has 0 radical (unpaired) electrons. The second-order valence-corrected chi connectivity index (χ2v) is 7.72. The third kappa shape index (κ3) is 4.47. The zero-order chi connectivity index (χ0) is 22.6. The summed E-state index contributed by atoms with van der Waals surface area (Å²) >= 11 is 0. The Balaban J connectivity index is 1.97. The highest BCUT2D eigenvalue weighted by molar-refractivity contribution is 6.11. The summed E-state index contributed by atoms with van der Waals surface area (Å²) in [5, 5.41) is 0. The maximum atomic E-state index is 13.7. The number of rotatable bonds is 7. The van der Waals surface area contributed by atoms with E-state index in [1.54, 1.807) is 36.7 Å². The molecule has 3 rings (SSSR count). The molecular weight excluding hydrogens is 398 g/mol. The molecule has 1 saturated heterocycles. The highest BCUT2D eigenvalue weighted by atomic mass is 16.5. The molecular formula is C23H25N3O5. The molecule has 0 saturated carbocycles. The van der Waals surface area contributed by atoms with Gasteiger partial charge in [-0.3, -0.25) is 29.1 Å². The van der Waals surface area contributed by atoms with Gasteiger partial charge in [-0.25, -0.2) is 0 Å². The summed E-state index contributed by atoms with van der Waals surface area (Å²) in [4.78, 5) is 57.6. The quantitative estimate of drug-likeness (QED) is 0.496. The Hall–Kier alpha value is -3.55. The van der Waals surface area contributed by atoms with Crippen LogP contribution in [-0.4, -0.2) is 59.2 Å². The summed E-state index contributed by atoms with van der Waals surface area (Å²) in [6, 6.07) is 10.8. The minimum absolute atomic E-state index is 0.0886. The van der Waals surface area contributed by atoms with Crippen LogP contribution in [0.5, 0.6) is 0 Å². The van der Waals surface area contributed by atoms with Crippen molar-refractivity contribution in [3.8, 4) is 0 Å². The number of methoxy groups -OCH3 is 1. The minimum Gasteiger partial charge on any atom is -0.468 e. The number of aryl methyl sites for hydroxylation is 1. The summed E-state index contributed by atoms with van der Waals surface area (Å²) in [6.07, 6.45) is 2.88. The molecule has 3 amide bonds. The summed E-state index contributed by atoms with van der Waals surface area (Å²) in [5.41, 5.74) is 0.850. The van der Waals surface area contributed by atoms with E-state index in [0.29, 0.717) is 5.56 Å². The molecule has 1 aromatic heterocycles. The lowest BCUT2D eigenvalue weighted by Crippen LogP contribution is -2.44. The smallest absolute Gasteiger partial charge is 0.325 e. The van der Waals surface area contributed by atoms with Crippen molar-refractivity contribution in [1.82, 2.24) is 14.8 Å². The Morgan fingerprint density at radius 1 is 1.19 bits per heavy atom. The van der Waals surface area contributed by atoms with Crippen LogP contribution in [0, 0.1) is 6.92 Å². The van der Waals surface area contributed by atoms with Gasteiger partial charge in [0, 0.05) is 32.3 Å². The molecule has 1 aliphatic heterocycles. The van der Waals surface area contributed by atoms with Gasteiger partial charge in [-0.1, -0.05) is 30.3 Å². The van der Waals surface area contributed by atoms with Crippen LogP contribution in [0.2, 0.25) is 0 Å². The van der Waals surface area contributed by atoms with Crippen LogP contribution < -0.4 is 0 Å². The molecule has 1 fully saturated rings. The van der Waals surface area contributed by atoms with E-state index in [-0.39, 0.29) is 31.8 Å². The van der Waals surface area contributed by atoms with Crippen molar-refractivity contribution in [3.05, 3.63) is 65.5 Å². The first-order valence-electron chi connectivity index (χ1n) is 9.89. The van der Waals surface area contributed by atoms with E-state index < -0.39 is 23.2 Å². The number of carbonyl (C=O) groups is 4. The molecule has 1 atom stereocenters. The van der Waals surface area contributed by atoms with E-state index in [0.717, 1.165) is 11.1 Å². The largest absolute Gasteiger partial charge is 0.468 e. The Labute approximate surface area is 180 Å². The number of pyridine rings is 1. The molecule has 2 heterocycles. The normalized spacial score (nSPS) is 18.2. The average molecular weight is 423 g/mol. The Morgan fingerprint density at radius 3 is 2.58 bits per heavy atom. The van der Waals surface area contributed by atoms with Crippen LogP contribution >= 0.6 is 0 Å². The number of likely N-dealkylation sites (N-methyl/N-ethyl adjacent to an activating group) is 1. The topological polar surface area (TPSA) is 96.9 Å². The van der Waals surface area contributed by atoms with Crippen molar-refractivity contribution in [3.63, 3.8) is 0 Å². The van der Waals surface area contributed by atoms with E-state index in [9.17, 15) is 19.2 Å². The fourth-order valence-electron chi connectivity index (χ4n) is 3.93. The summed E-state index contributed by atoms with van der Waals surface area (Å²) in [5.74, 6) is -1.75. The number of nitrogens with zero attached hydrogens (tertiary/aromatic N) is 3. The van der Waals surface area contributed by atoms with Crippen molar-refractivity contribution in [2.75, 3.05) is 20.7 Å². The van der Waals surface area contributed by atoms with Gasteiger partial charge in [-0.15, -0.1) is 0 Å². The lowest BCUT2D eigenvalue weighted by atomic mass is 9.74. The van der Waals surface area contributed by atoms with Gasteiger partial charge in [0.2, 0.25) is 17.7 Å². The lowest BCUT2D eigenvalue weighted by molar-refractivity contribution is -0.147. The Morgan fingerprint density at radius 2 is 1.94 bits per heavy atom. The van der Waals surface area contributed by atoms with Crippen LogP contribution in [0.15, 0.2) is 48.8 Å². The number of likely N-dealkylation sites (tertiary alicyclic amines) is 1. The second-order valence-electron chi connectivity index (χ2n) is 7.72. The zero-order valence-electron chi connectivity index (χ0n) is 17.8. The SMILES string of the molecule is COC(=O)CN(C)C(=O)CC1(c2ccccc2C)CC(=O)N(Cc2cccnc2)C1=O. The fourth-order valence-corrected chi connectivity index (χ4v) is 3.93. The number of imide groups is 1. The number of ether oxygens (including phenoxy) is 1. The second kappa shape index (κ2) is 9.07. The summed E-state index contributed by atoms with van der Waals surface area (Å²) in [7, 11) is 2.71. The molecule has 0 spiro atoms. The number of carbonyl (C=O) groups excluding carboxylic acids is 4. The molecule has 1 aromatic carbocycles. The molecule has 1 aliphatic rings. The number of benzene rings is 1. The predicted molar refractivity (Wildman–Crippen MR) is 112 cm³/mol. The highest BCUT2D eigenvalue weighted by Gasteiger charge is 2.54. The van der Waals surface area contributed by atoms with E-state index in [1.165, 1.54) is 24.0 Å². The zero-order valence-corrected chi connectivity index (χ0v) is 17.8. The summed E-state index contributed by atoms with van der Waals surface area (Å²) in [6.45, 7) is 1.70. The standard InChI is InChI=1S/C23H25N3O5/c1-16-7-4-5-9-18(16)23(11-19(27)25(2)15-21(29)31-3)12-20(28)26(22(23)30)14-17-8-6-10-24-13-17/h4-10,13H,11-12,14-15H2,1-3H3. The number of amides is 3. The number of aromatic nitrogens is 1. The van der Waals surface area contributed by atoms with Crippen LogP contribution in [-0.2, 0) is 35.9 Å². The third-order valence-electron chi connectivity index (χ3n) is 5.61. The van der Waals surface area contributed by atoms with Gasteiger partial charge in [0.15, 0.2) is 0 Å². The monoisotopic (exact) mass is 423 g/mol. The van der Waals surface area contributed by atoms with Crippen LogP contribution in [0.1, 0.15) is 29.5 Å². The molecule has 1 unspecified atom stereocenters. The van der Waals surface area contributed by atoms with Crippen LogP contribution in [0.3, 0.4) is 0 Å². The van der Waals surface area contributed by atoms with Crippen molar-refractivity contribution in [2.45, 2.75) is 31.7 Å². The van der Waals surface area contributed by atoms with Crippen molar-refractivity contribution >= 4 is 23.7 Å². The van der Waals surface area contributed by atoms with Gasteiger partial charge >= 0.3 is 5.97 Å². The minimum atomic E-state index is -1.33. The van der Waals surface area contributed by atoms with Crippen molar-refractivity contribution < 1.29 is 23.9 Å². The van der Waals surface area contributed by atoms with E-state index in [4.69, 9.17) is 0 Å². The van der Waals surface area contributed by atoms with Gasteiger partial charge < -0.3 is 9.64 Å². The molecule has 2 aromatic rings. The van der Waals surface area contributed by atoms with E-state index in [2.05, 4.69) is 9.72 Å². The molecule has 0 aliphatic carbocycles. The Bertz CT molecular complexity index is 1010. The fraction of sp³-hybridized carbons (Fsp3) is 0.348. The highest BCUT2D eigenvalue weighted by Crippen LogP contribution is 2.42. The first-order valence-corrected chi connectivity index (χ1v) is 9.89. The lowest BCUT2D eigenvalue weighted by Gasteiger charge is -2.30. The van der Waals surface area contributed by atoms with Gasteiger partial charge in [0.1, 0.15) is 6.54 Å². The van der Waals surface area contributed by atoms with Crippen molar-refractivity contribution in [2.24, 2.45) is 0 Å². The maximum absolute atomic E-state index is 13.7. The maximum Gasteiger partial charge on any atom is 0.325 e. The first-order chi connectivity index (χ1) is 14.8. The predicted octanol–water partition coefficient (Wildman–Crippen LogP) is 1.61. The third-order valence-corrected chi connectivity index (χ3v) is 5.61. The number of hydrogen-bond donors (Lipinski definition) is 0. The molecule has 162 valence electrons. The van der Waals surface area contributed by atoms with Crippen LogP contribution in [0.25, 0.3) is 0 Å². The molecule has 0 bridgehead atoms. The summed E-state index contributed by atoms with van der Waals surface area (Å²) < 4.78 is 4.62. The average Bonchev–Trinajstić information content (AvgIpc) is 2.99. The van der Waals surface area contributed by atoms with Gasteiger partial charge in [-0.05, 0) is 29.7 Å². The van der Waals surface area contributed by atoms with Gasteiger partial charge in [-0.2, -0.15) is 0 Å². The van der Waals surface area contributed by atoms with Crippen LogP contribution in [0.4, 0.5) is 0 Å². The molecule has 8 heteroatoms. The number of hydrogen-bond acceptors (Lipinski definition) is 6. The van der Waals surface area contributed by atoms with E-state index in [1.807, 2.05) is 19.1 Å². The molecule has 8 nitrogen and oxygen atoms in total. The Kier molecular flexibility index (Phi) is 6.48.